The van der Waals surface area contributed by atoms with Crippen LogP contribution in [-0.2, 0) is 11.3 Å². The van der Waals surface area contributed by atoms with Crippen molar-refractivity contribution in [3.05, 3.63) is 23.9 Å². The van der Waals surface area contributed by atoms with E-state index in [9.17, 15) is 0 Å². The zero-order valence-electron chi connectivity index (χ0n) is 19.5. The summed E-state index contributed by atoms with van der Waals surface area (Å²) in [5.74, 6) is 1.86. The van der Waals surface area contributed by atoms with Gasteiger partial charge < -0.3 is 20.3 Å². The summed E-state index contributed by atoms with van der Waals surface area (Å²) in [6.45, 7) is 16.4. The van der Waals surface area contributed by atoms with Gasteiger partial charge in [-0.3, -0.25) is 9.89 Å². The van der Waals surface area contributed by atoms with E-state index < -0.39 is 0 Å². The van der Waals surface area contributed by atoms with E-state index in [0.29, 0.717) is 12.1 Å². The molecule has 1 aromatic heterocycles. The molecule has 0 amide bonds. The number of nitrogens with one attached hydrogen (secondary N) is 2. The molecule has 1 aromatic rings. The lowest BCUT2D eigenvalue weighted by molar-refractivity contribution is 0.0529. The summed E-state index contributed by atoms with van der Waals surface area (Å²) in [6, 6.07) is 5.35. The molecule has 1 saturated heterocycles. The van der Waals surface area contributed by atoms with Gasteiger partial charge in [-0.05, 0) is 58.7 Å². The predicted molar refractivity (Wildman–Crippen MR) is 137 cm³/mol. The molecule has 30 heavy (non-hydrogen) atoms. The third-order valence-electron chi connectivity index (χ3n) is 5.27. The van der Waals surface area contributed by atoms with Crippen molar-refractivity contribution in [2.45, 2.75) is 65.8 Å². The number of morpholine rings is 1. The van der Waals surface area contributed by atoms with Crippen LogP contribution in [-0.4, -0.2) is 73.9 Å². The average molecular weight is 533 g/mol. The van der Waals surface area contributed by atoms with Gasteiger partial charge in [-0.15, -0.1) is 24.0 Å². The molecule has 0 aromatic carbocycles. The maximum absolute atomic E-state index is 5.63. The first kappa shape index (κ1) is 26.9. The number of aliphatic imine (C=N–C) groups is 1. The van der Waals surface area contributed by atoms with Crippen molar-refractivity contribution < 1.29 is 4.74 Å². The Hall–Kier alpha value is -1.13. The van der Waals surface area contributed by atoms with Crippen molar-refractivity contribution in [1.29, 1.82) is 0 Å². The standard InChI is InChI=1S/C22H40N6O.HI/c1-17(2)28(18(3)4)11-7-9-25-22(23-6)26-15-20-8-10-24-21(14-20)27-12-13-29-19(5)16-27;/h8,10,14,17-19H,7,9,11-13,15-16H2,1-6H3,(H2,23,25,26);1H. The molecule has 1 fully saturated rings. The summed E-state index contributed by atoms with van der Waals surface area (Å²) in [5, 5.41) is 6.84. The quantitative estimate of drug-likeness (QED) is 0.221. The van der Waals surface area contributed by atoms with E-state index in [1.54, 1.807) is 0 Å². The highest BCUT2D eigenvalue weighted by molar-refractivity contribution is 14.0. The number of aromatic nitrogens is 1. The van der Waals surface area contributed by atoms with Crippen LogP contribution in [0.4, 0.5) is 5.82 Å². The zero-order chi connectivity index (χ0) is 21.2. The number of ether oxygens (including phenoxy) is 1. The lowest BCUT2D eigenvalue weighted by Gasteiger charge is -2.32. The Labute approximate surface area is 200 Å². The highest BCUT2D eigenvalue weighted by Crippen LogP contribution is 2.16. The maximum Gasteiger partial charge on any atom is 0.191 e. The van der Waals surface area contributed by atoms with Crippen molar-refractivity contribution >= 4 is 35.8 Å². The Morgan fingerprint density at radius 2 is 2.03 bits per heavy atom. The summed E-state index contributed by atoms with van der Waals surface area (Å²) in [4.78, 5) is 13.7. The van der Waals surface area contributed by atoms with Gasteiger partial charge in [-0.25, -0.2) is 4.98 Å². The molecule has 2 rings (SSSR count). The molecule has 1 unspecified atom stereocenters. The highest BCUT2D eigenvalue weighted by Gasteiger charge is 2.18. The fourth-order valence-corrected chi connectivity index (χ4v) is 3.76. The lowest BCUT2D eigenvalue weighted by Crippen LogP contribution is -2.42. The van der Waals surface area contributed by atoms with Crippen molar-refractivity contribution in [3.63, 3.8) is 0 Å². The summed E-state index contributed by atoms with van der Waals surface area (Å²) in [6.07, 6.45) is 3.22. The fourth-order valence-electron chi connectivity index (χ4n) is 3.76. The molecule has 7 nitrogen and oxygen atoms in total. The number of hydrogen-bond donors (Lipinski definition) is 2. The Bertz CT molecular complexity index is 632. The lowest BCUT2D eigenvalue weighted by atomic mass is 10.2. The summed E-state index contributed by atoms with van der Waals surface area (Å²) in [7, 11) is 1.82. The Morgan fingerprint density at radius 1 is 1.30 bits per heavy atom. The van der Waals surface area contributed by atoms with Gasteiger partial charge in [0.05, 0.1) is 12.7 Å². The minimum atomic E-state index is 0. The minimum absolute atomic E-state index is 0. The van der Waals surface area contributed by atoms with Crippen LogP contribution in [0.15, 0.2) is 23.3 Å². The van der Waals surface area contributed by atoms with Crippen molar-refractivity contribution in [3.8, 4) is 0 Å². The SMILES string of the molecule is CN=C(NCCCN(C(C)C)C(C)C)NCc1ccnc(N2CCOC(C)C2)c1.I. The largest absolute Gasteiger partial charge is 0.375 e. The van der Waals surface area contributed by atoms with Crippen LogP contribution < -0.4 is 15.5 Å². The molecule has 2 N–H and O–H groups in total. The monoisotopic (exact) mass is 532 g/mol. The molecule has 1 atom stereocenters. The van der Waals surface area contributed by atoms with Crippen molar-refractivity contribution in [2.75, 3.05) is 44.7 Å². The van der Waals surface area contributed by atoms with Crippen molar-refractivity contribution in [1.82, 2.24) is 20.5 Å². The molecule has 0 spiro atoms. The van der Waals surface area contributed by atoms with Crippen LogP contribution in [0.25, 0.3) is 0 Å². The molecule has 0 radical (unpaired) electrons. The first-order valence-corrected chi connectivity index (χ1v) is 10.9. The second-order valence-electron chi connectivity index (χ2n) is 8.28. The summed E-state index contributed by atoms with van der Waals surface area (Å²) < 4.78 is 5.63. The fraction of sp³-hybridized carbons (Fsp3) is 0.727. The highest BCUT2D eigenvalue weighted by atomic mass is 127. The Kier molecular flexibility index (Phi) is 12.6. The topological polar surface area (TPSA) is 65.0 Å². The molecule has 1 aliphatic heterocycles. The number of rotatable bonds is 9. The van der Waals surface area contributed by atoms with E-state index in [-0.39, 0.29) is 30.1 Å². The Morgan fingerprint density at radius 3 is 2.67 bits per heavy atom. The van der Waals surface area contributed by atoms with Gasteiger partial charge in [0, 0.05) is 58.1 Å². The van der Waals surface area contributed by atoms with Crippen molar-refractivity contribution in [2.24, 2.45) is 4.99 Å². The van der Waals surface area contributed by atoms with Crippen LogP contribution >= 0.6 is 24.0 Å². The van der Waals surface area contributed by atoms with Gasteiger partial charge in [-0.2, -0.15) is 0 Å². The van der Waals surface area contributed by atoms with E-state index in [1.165, 1.54) is 5.56 Å². The molecule has 0 saturated carbocycles. The molecular weight excluding hydrogens is 491 g/mol. The smallest absolute Gasteiger partial charge is 0.191 e. The van der Waals surface area contributed by atoms with Gasteiger partial charge in [-0.1, -0.05) is 0 Å². The van der Waals surface area contributed by atoms with E-state index in [4.69, 9.17) is 4.74 Å². The third-order valence-corrected chi connectivity index (χ3v) is 5.27. The van der Waals surface area contributed by atoms with Crippen LogP contribution in [0.2, 0.25) is 0 Å². The van der Waals surface area contributed by atoms with Gasteiger partial charge in [0.1, 0.15) is 5.82 Å². The normalized spacial score (nSPS) is 17.4. The number of pyridine rings is 1. The molecule has 1 aliphatic rings. The number of anilines is 1. The summed E-state index contributed by atoms with van der Waals surface area (Å²) in [5.41, 5.74) is 1.20. The molecule has 172 valence electrons. The van der Waals surface area contributed by atoms with Crippen LogP contribution in [0.3, 0.4) is 0 Å². The molecular formula is C22H41IN6O. The zero-order valence-corrected chi connectivity index (χ0v) is 21.8. The van der Waals surface area contributed by atoms with E-state index in [0.717, 1.165) is 57.5 Å². The van der Waals surface area contributed by atoms with Gasteiger partial charge >= 0.3 is 0 Å². The number of hydrogen-bond acceptors (Lipinski definition) is 5. The van der Waals surface area contributed by atoms with Gasteiger partial charge in [0.15, 0.2) is 5.96 Å². The van der Waals surface area contributed by atoms with E-state index in [2.05, 4.69) is 77.2 Å². The van der Waals surface area contributed by atoms with Crippen LogP contribution in [0.1, 0.15) is 46.6 Å². The maximum atomic E-state index is 5.63. The van der Waals surface area contributed by atoms with Gasteiger partial charge in [0.2, 0.25) is 0 Å². The molecule has 0 bridgehead atoms. The first-order valence-electron chi connectivity index (χ1n) is 10.9. The number of guanidine groups is 1. The average Bonchev–Trinajstić information content (AvgIpc) is 2.69. The first-order chi connectivity index (χ1) is 13.9. The molecule has 0 aliphatic carbocycles. The molecule has 2 heterocycles. The minimum Gasteiger partial charge on any atom is -0.375 e. The number of halogens is 1. The second kappa shape index (κ2) is 14.0. The van der Waals surface area contributed by atoms with Crippen LogP contribution in [0, 0.1) is 0 Å². The van der Waals surface area contributed by atoms with E-state index in [1.807, 2.05) is 13.2 Å². The van der Waals surface area contributed by atoms with E-state index >= 15 is 0 Å². The third kappa shape index (κ3) is 8.93. The number of nitrogens with zero attached hydrogens (tertiary/aromatic N) is 4. The van der Waals surface area contributed by atoms with Crippen LogP contribution in [0.5, 0.6) is 0 Å². The Balaban J connectivity index is 0.00000450. The molecule has 8 heteroatoms. The predicted octanol–water partition coefficient (Wildman–Crippen LogP) is 3.10. The van der Waals surface area contributed by atoms with Gasteiger partial charge in [0.25, 0.3) is 0 Å². The summed E-state index contributed by atoms with van der Waals surface area (Å²) >= 11 is 0. The second-order valence-corrected chi connectivity index (χ2v) is 8.28.